The van der Waals surface area contributed by atoms with Gasteiger partial charge in [0.1, 0.15) is 0 Å². The number of alkyl halides is 3. The van der Waals surface area contributed by atoms with Gasteiger partial charge in [-0.25, -0.2) is 5.43 Å². The van der Waals surface area contributed by atoms with E-state index >= 15 is 0 Å². The fourth-order valence-electron chi connectivity index (χ4n) is 1.86. The average molecular weight is 281 g/mol. The van der Waals surface area contributed by atoms with Crippen LogP contribution in [0.4, 0.5) is 13.2 Å². The number of nitrogens with two attached hydrogens (primary N) is 1. The van der Waals surface area contributed by atoms with Crippen molar-refractivity contribution < 1.29 is 13.2 Å². The molecule has 2 rings (SSSR count). The minimum absolute atomic E-state index is 0.435. The van der Waals surface area contributed by atoms with Crippen molar-refractivity contribution in [1.82, 2.24) is 10.4 Å². The van der Waals surface area contributed by atoms with Crippen LogP contribution < -0.4 is 11.3 Å². The fraction of sp³-hybridized carbons (Fsp3) is 0.214. The highest BCUT2D eigenvalue weighted by Gasteiger charge is 2.31. The van der Waals surface area contributed by atoms with Gasteiger partial charge in [0, 0.05) is 6.20 Å². The summed E-state index contributed by atoms with van der Waals surface area (Å²) in [4.78, 5) is 3.85. The summed E-state index contributed by atoms with van der Waals surface area (Å²) < 4.78 is 37.5. The number of halogens is 3. The van der Waals surface area contributed by atoms with Crippen molar-refractivity contribution in [1.29, 1.82) is 0 Å². The molecule has 0 radical (unpaired) electrons. The van der Waals surface area contributed by atoms with E-state index in [1.165, 1.54) is 6.07 Å². The molecule has 0 bridgehead atoms. The minimum atomic E-state index is -4.39. The second-order valence-electron chi connectivity index (χ2n) is 4.48. The van der Waals surface area contributed by atoms with E-state index in [4.69, 9.17) is 5.84 Å². The van der Waals surface area contributed by atoms with Crippen molar-refractivity contribution in [2.24, 2.45) is 5.84 Å². The van der Waals surface area contributed by atoms with Crippen LogP contribution in [0, 0.1) is 6.92 Å². The molecule has 3 N–H and O–H groups in total. The van der Waals surface area contributed by atoms with Gasteiger partial charge in [-0.05, 0) is 24.6 Å². The lowest BCUT2D eigenvalue weighted by atomic mass is 10.0. The van der Waals surface area contributed by atoms with Gasteiger partial charge in [0.2, 0.25) is 0 Å². The van der Waals surface area contributed by atoms with E-state index in [0.29, 0.717) is 5.69 Å². The van der Waals surface area contributed by atoms with Crippen molar-refractivity contribution in [2.75, 3.05) is 0 Å². The number of nitrogens with one attached hydrogen (secondary N) is 1. The highest BCUT2D eigenvalue weighted by Crippen LogP contribution is 2.29. The minimum Gasteiger partial charge on any atom is -0.271 e. The van der Waals surface area contributed by atoms with Crippen LogP contribution in [0.2, 0.25) is 0 Å². The lowest BCUT2D eigenvalue weighted by molar-refractivity contribution is -0.137. The number of aryl methyl sites for hydroxylation is 1. The molecule has 6 heteroatoms. The fourth-order valence-corrected chi connectivity index (χ4v) is 1.86. The van der Waals surface area contributed by atoms with E-state index in [1.54, 1.807) is 0 Å². The maximum atomic E-state index is 12.5. The van der Waals surface area contributed by atoms with E-state index in [-0.39, 0.29) is 0 Å². The Labute approximate surface area is 114 Å². The van der Waals surface area contributed by atoms with Gasteiger partial charge in [-0.1, -0.05) is 29.8 Å². The van der Waals surface area contributed by atoms with Crippen LogP contribution in [0.3, 0.4) is 0 Å². The van der Waals surface area contributed by atoms with Crippen molar-refractivity contribution >= 4 is 0 Å². The number of aromatic nitrogens is 1. The van der Waals surface area contributed by atoms with Crippen LogP contribution in [0.15, 0.2) is 42.6 Å². The Morgan fingerprint density at radius 3 is 2.20 bits per heavy atom. The monoisotopic (exact) mass is 281 g/mol. The summed E-state index contributed by atoms with van der Waals surface area (Å²) in [5, 5.41) is 0. The second kappa shape index (κ2) is 5.60. The zero-order valence-corrected chi connectivity index (χ0v) is 10.8. The van der Waals surface area contributed by atoms with Gasteiger partial charge in [0.25, 0.3) is 0 Å². The lowest BCUT2D eigenvalue weighted by Gasteiger charge is -2.16. The molecule has 0 aliphatic heterocycles. The Balaban J connectivity index is 2.30. The number of hydrogen-bond acceptors (Lipinski definition) is 3. The Morgan fingerprint density at radius 1 is 1.10 bits per heavy atom. The lowest BCUT2D eigenvalue weighted by Crippen LogP contribution is -2.29. The smallest absolute Gasteiger partial charge is 0.271 e. The molecule has 0 amide bonds. The zero-order valence-electron chi connectivity index (χ0n) is 10.8. The Bertz CT molecular complexity index is 562. The number of pyridine rings is 1. The standard InChI is InChI=1S/C14H14F3N3/c1-9-2-4-10(5-3-9)13(20-18)12-7-6-11(8-19-12)14(15,16)17/h2-8,13,20H,18H2,1H3. The van der Waals surface area contributed by atoms with Gasteiger partial charge in [-0.2, -0.15) is 13.2 Å². The number of rotatable bonds is 3. The third-order valence-electron chi connectivity index (χ3n) is 2.99. The maximum Gasteiger partial charge on any atom is 0.417 e. The molecule has 106 valence electrons. The summed E-state index contributed by atoms with van der Waals surface area (Å²) in [5.74, 6) is 5.49. The Hall–Kier alpha value is -1.92. The van der Waals surface area contributed by atoms with Gasteiger partial charge >= 0.3 is 6.18 Å². The van der Waals surface area contributed by atoms with Crippen molar-refractivity contribution in [3.05, 3.63) is 65.0 Å². The van der Waals surface area contributed by atoms with Gasteiger partial charge in [0.15, 0.2) is 0 Å². The van der Waals surface area contributed by atoms with Gasteiger partial charge in [-0.15, -0.1) is 0 Å². The Morgan fingerprint density at radius 2 is 1.75 bits per heavy atom. The summed E-state index contributed by atoms with van der Waals surface area (Å²) in [6.07, 6.45) is -3.57. The third kappa shape index (κ3) is 3.15. The largest absolute Gasteiger partial charge is 0.417 e. The van der Waals surface area contributed by atoms with Crippen molar-refractivity contribution in [3.63, 3.8) is 0 Å². The summed E-state index contributed by atoms with van der Waals surface area (Å²) in [6, 6.07) is 9.41. The molecular formula is C14H14F3N3. The molecule has 1 heterocycles. The topological polar surface area (TPSA) is 50.9 Å². The van der Waals surface area contributed by atoms with Crippen molar-refractivity contribution in [2.45, 2.75) is 19.1 Å². The van der Waals surface area contributed by atoms with E-state index in [1.807, 2.05) is 31.2 Å². The highest BCUT2D eigenvalue weighted by atomic mass is 19.4. The molecule has 3 nitrogen and oxygen atoms in total. The van der Waals surface area contributed by atoms with Crippen LogP contribution in [0.5, 0.6) is 0 Å². The van der Waals surface area contributed by atoms with E-state index in [9.17, 15) is 13.2 Å². The first kappa shape index (κ1) is 14.5. The first-order chi connectivity index (χ1) is 9.41. The number of hydrogen-bond donors (Lipinski definition) is 2. The predicted molar refractivity (Wildman–Crippen MR) is 69.6 cm³/mol. The van der Waals surface area contributed by atoms with E-state index in [0.717, 1.165) is 23.4 Å². The quantitative estimate of drug-likeness (QED) is 0.671. The van der Waals surface area contributed by atoms with Gasteiger partial charge < -0.3 is 0 Å². The number of benzene rings is 1. The first-order valence-electron chi connectivity index (χ1n) is 5.97. The molecule has 20 heavy (non-hydrogen) atoms. The van der Waals surface area contributed by atoms with Crippen LogP contribution in [-0.2, 0) is 6.18 Å². The Kier molecular flexibility index (Phi) is 4.06. The SMILES string of the molecule is Cc1ccc(C(NN)c2ccc(C(F)(F)F)cn2)cc1. The average Bonchev–Trinajstić information content (AvgIpc) is 2.41. The molecule has 1 unspecified atom stereocenters. The summed E-state index contributed by atoms with van der Waals surface area (Å²) in [6.45, 7) is 1.95. The molecule has 1 atom stereocenters. The van der Waals surface area contributed by atoms with Crippen molar-refractivity contribution in [3.8, 4) is 0 Å². The number of nitrogens with zero attached hydrogens (tertiary/aromatic N) is 1. The third-order valence-corrected chi connectivity index (χ3v) is 2.99. The summed E-state index contributed by atoms with van der Waals surface area (Å²) in [5.41, 5.74) is 4.15. The molecule has 0 saturated carbocycles. The van der Waals surface area contributed by atoms with E-state index < -0.39 is 17.8 Å². The van der Waals surface area contributed by atoms with E-state index in [2.05, 4.69) is 10.4 Å². The molecule has 0 aliphatic carbocycles. The molecule has 1 aromatic carbocycles. The molecule has 1 aromatic heterocycles. The predicted octanol–water partition coefficient (Wildman–Crippen LogP) is 2.96. The zero-order chi connectivity index (χ0) is 14.8. The number of hydrazine groups is 1. The van der Waals surface area contributed by atoms with Crippen LogP contribution in [0.25, 0.3) is 0 Å². The highest BCUT2D eigenvalue weighted by molar-refractivity contribution is 5.31. The first-order valence-corrected chi connectivity index (χ1v) is 5.97. The second-order valence-corrected chi connectivity index (χ2v) is 4.48. The molecule has 0 spiro atoms. The van der Waals surface area contributed by atoms with Gasteiger partial charge in [0.05, 0.1) is 17.3 Å². The van der Waals surface area contributed by atoms with Crippen LogP contribution in [0.1, 0.15) is 28.4 Å². The summed E-state index contributed by atoms with van der Waals surface area (Å²) in [7, 11) is 0. The summed E-state index contributed by atoms with van der Waals surface area (Å²) >= 11 is 0. The normalized spacial score (nSPS) is 13.2. The molecule has 2 aromatic rings. The van der Waals surface area contributed by atoms with Crippen LogP contribution >= 0.6 is 0 Å². The molecule has 0 saturated heterocycles. The molecule has 0 fully saturated rings. The van der Waals surface area contributed by atoms with Crippen LogP contribution in [-0.4, -0.2) is 4.98 Å². The van der Waals surface area contributed by atoms with Gasteiger partial charge in [-0.3, -0.25) is 10.8 Å². The molecular weight excluding hydrogens is 267 g/mol. The molecule has 0 aliphatic rings. The maximum absolute atomic E-state index is 12.5.